The average molecular weight is 203 g/mol. The van der Waals surface area contributed by atoms with Gasteiger partial charge in [-0.3, -0.25) is 0 Å². The van der Waals surface area contributed by atoms with E-state index < -0.39 is 0 Å². The molecule has 1 spiro atoms. The minimum absolute atomic E-state index is 0.507. The van der Waals surface area contributed by atoms with Gasteiger partial charge in [0.2, 0.25) is 0 Å². The summed E-state index contributed by atoms with van der Waals surface area (Å²) >= 11 is 0. The Kier molecular flexibility index (Phi) is 2.26. The fourth-order valence-electron chi connectivity index (χ4n) is 2.58. The Bertz CT molecular complexity index is 324. The monoisotopic (exact) mass is 203 g/mol. The van der Waals surface area contributed by atoms with Gasteiger partial charge in [-0.15, -0.1) is 0 Å². The number of hydrogen-bond acceptors (Lipinski definition) is 2. The highest BCUT2D eigenvalue weighted by Gasteiger charge is 2.48. The van der Waals surface area contributed by atoms with E-state index in [-0.39, 0.29) is 0 Å². The molecule has 0 bridgehead atoms. The second-order valence-corrected chi connectivity index (χ2v) is 4.93. The zero-order chi connectivity index (χ0) is 10.1. The van der Waals surface area contributed by atoms with Crippen molar-refractivity contribution in [3.63, 3.8) is 0 Å². The topological polar surface area (TPSA) is 21.3 Å². The van der Waals surface area contributed by atoms with Gasteiger partial charge in [0.1, 0.15) is 0 Å². The highest BCUT2D eigenvalue weighted by molar-refractivity contribution is 5.13. The van der Waals surface area contributed by atoms with Gasteiger partial charge in [0.25, 0.3) is 0 Å². The summed E-state index contributed by atoms with van der Waals surface area (Å²) < 4.78 is 5.87. The van der Waals surface area contributed by atoms with Crippen molar-refractivity contribution >= 4 is 0 Å². The van der Waals surface area contributed by atoms with Crippen LogP contribution in [0.1, 0.15) is 18.4 Å². The van der Waals surface area contributed by atoms with Gasteiger partial charge >= 0.3 is 0 Å². The van der Waals surface area contributed by atoms with Gasteiger partial charge in [-0.2, -0.15) is 0 Å². The quantitative estimate of drug-likeness (QED) is 0.810. The highest BCUT2D eigenvalue weighted by atomic mass is 16.5. The van der Waals surface area contributed by atoms with Crippen LogP contribution in [0.25, 0.3) is 0 Å². The van der Waals surface area contributed by atoms with E-state index in [1.807, 2.05) is 6.07 Å². The maximum absolute atomic E-state index is 5.87. The molecule has 0 unspecified atom stereocenters. The third-order valence-electron chi connectivity index (χ3n) is 3.65. The largest absolute Gasteiger partial charge is 0.373 e. The van der Waals surface area contributed by atoms with Crippen molar-refractivity contribution < 1.29 is 4.74 Å². The van der Waals surface area contributed by atoms with Crippen LogP contribution in [0.3, 0.4) is 0 Å². The van der Waals surface area contributed by atoms with Crippen LogP contribution >= 0.6 is 0 Å². The van der Waals surface area contributed by atoms with Crippen LogP contribution in [0.2, 0.25) is 0 Å². The third-order valence-corrected chi connectivity index (χ3v) is 3.65. The van der Waals surface area contributed by atoms with E-state index in [0.29, 0.717) is 11.5 Å². The molecular weight excluding hydrogens is 186 g/mol. The minimum atomic E-state index is 0.507. The SMILES string of the molecule is c1ccc(COC2CC3(CNC3)C2)cc1. The summed E-state index contributed by atoms with van der Waals surface area (Å²) in [5, 5.41) is 3.34. The standard InChI is InChI=1S/C13H17NO/c1-2-4-11(5-3-1)8-15-12-6-13(7-12)9-14-10-13/h1-5,12,14H,6-10H2. The van der Waals surface area contributed by atoms with Crippen LogP contribution in [0.5, 0.6) is 0 Å². The maximum atomic E-state index is 5.87. The average Bonchev–Trinajstić information content (AvgIpc) is 2.15. The Morgan fingerprint density at radius 2 is 1.93 bits per heavy atom. The van der Waals surface area contributed by atoms with Gasteiger partial charge in [-0.05, 0) is 18.4 Å². The number of hydrogen-bond donors (Lipinski definition) is 1. The molecule has 0 atom stereocenters. The Morgan fingerprint density at radius 1 is 1.20 bits per heavy atom. The lowest BCUT2D eigenvalue weighted by atomic mass is 9.63. The Hall–Kier alpha value is -0.860. The van der Waals surface area contributed by atoms with Crippen molar-refractivity contribution in [3.8, 4) is 0 Å². The lowest BCUT2D eigenvalue weighted by molar-refractivity contribution is -0.109. The molecule has 0 amide bonds. The number of rotatable bonds is 3. The molecule has 1 aromatic rings. The molecule has 15 heavy (non-hydrogen) atoms. The summed E-state index contributed by atoms with van der Waals surface area (Å²) in [5.41, 5.74) is 1.91. The molecular formula is C13H17NO. The molecule has 80 valence electrons. The molecule has 1 aromatic carbocycles. The third kappa shape index (κ3) is 1.80. The predicted octanol–water partition coefficient (Wildman–Crippen LogP) is 1.96. The molecule has 0 radical (unpaired) electrons. The molecule has 2 heteroatoms. The first kappa shape index (κ1) is 9.37. The summed E-state index contributed by atoms with van der Waals surface area (Å²) in [7, 11) is 0. The van der Waals surface area contributed by atoms with Crippen molar-refractivity contribution in [1.82, 2.24) is 5.32 Å². The van der Waals surface area contributed by atoms with E-state index in [4.69, 9.17) is 4.74 Å². The second kappa shape index (κ2) is 3.62. The Balaban J connectivity index is 1.44. The van der Waals surface area contributed by atoms with Gasteiger partial charge < -0.3 is 10.1 Å². The molecule has 1 aliphatic heterocycles. The summed E-state index contributed by atoms with van der Waals surface area (Å²) in [6.07, 6.45) is 3.02. The zero-order valence-corrected chi connectivity index (χ0v) is 8.91. The molecule has 3 rings (SSSR count). The van der Waals surface area contributed by atoms with E-state index in [1.165, 1.54) is 31.5 Å². The molecule has 0 aromatic heterocycles. The lowest BCUT2D eigenvalue weighted by Crippen LogP contribution is -2.62. The first-order chi connectivity index (χ1) is 7.36. The van der Waals surface area contributed by atoms with Crippen LogP contribution in [0, 0.1) is 5.41 Å². The maximum Gasteiger partial charge on any atom is 0.0720 e. The number of benzene rings is 1. The van der Waals surface area contributed by atoms with E-state index in [9.17, 15) is 0 Å². The van der Waals surface area contributed by atoms with Crippen molar-refractivity contribution in [2.24, 2.45) is 5.41 Å². The van der Waals surface area contributed by atoms with Gasteiger partial charge in [-0.1, -0.05) is 30.3 Å². The molecule has 1 saturated heterocycles. The molecule has 1 N–H and O–H groups in total. The number of nitrogens with one attached hydrogen (secondary N) is 1. The van der Waals surface area contributed by atoms with E-state index in [1.54, 1.807) is 0 Å². The summed E-state index contributed by atoms with van der Waals surface area (Å²) in [4.78, 5) is 0. The van der Waals surface area contributed by atoms with Crippen LogP contribution < -0.4 is 5.32 Å². The van der Waals surface area contributed by atoms with Crippen LogP contribution in [-0.4, -0.2) is 19.2 Å². The highest BCUT2D eigenvalue weighted by Crippen LogP contribution is 2.45. The van der Waals surface area contributed by atoms with Gasteiger partial charge in [0, 0.05) is 18.5 Å². The molecule has 1 heterocycles. The van der Waals surface area contributed by atoms with E-state index in [0.717, 1.165) is 6.61 Å². The fraction of sp³-hybridized carbons (Fsp3) is 0.538. The van der Waals surface area contributed by atoms with Crippen molar-refractivity contribution in [3.05, 3.63) is 35.9 Å². The Morgan fingerprint density at radius 3 is 2.53 bits per heavy atom. The van der Waals surface area contributed by atoms with Gasteiger partial charge in [0.05, 0.1) is 12.7 Å². The first-order valence-corrected chi connectivity index (χ1v) is 5.73. The van der Waals surface area contributed by atoms with E-state index >= 15 is 0 Å². The van der Waals surface area contributed by atoms with Gasteiger partial charge in [0.15, 0.2) is 0 Å². The van der Waals surface area contributed by atoms with E-state index in [2.05, 4.69) is 29.6 Å². The first-order valence-electron chi connectivity index (χ1n) is 5.73. The second-order valence-electron chi connectivity index (χ2n) is 4.93. The predicted molar refractivity (Wildman–Crippen MR) is 59.6 cm³/mol. The summed E-state index contributed by atoms with van der Waals surface area (Å²) in [6, 6.07) is 10.4. The molecule has 2 fully saturated rings. The van der Waals surface area contributed by atoms with Crippen LogP contribution in [0.4, 0.5) is 0 Å². The van der Waals surface area contributed by atoms with Crippen LogP contribution in [0.15, 0.2) is 30.3 Å². The minimum Gasteiger partial charge on any atom is -0.373 e. The molecule has 2 aliphatic rings. The molecule has 1 aliphatic carbocycles. The molecule has 2 nitrogen and oxygen atoms in total. The summed E-state index contributed by atoms with van der Waals surface area (Å²) in [5.74, 6) is 0. The normalized spacial score (nSPS) is 23.5. The molecule has 1 saturated carbocycles. The van der Waals surface area contributed by atoms with Crippen molar-refractivity contribution in [2.75, 3.05) is 13.1 Å². The van der Waals surface area contributed by atoms with Crippen molar-refractivity contribution in [2.45, 2.75) is 25.6 Å². The van der Waals surface area contributed by atoms with Crippen molar-refractivity contribution in [1.29, 1.82) is 0 Å². The fourth-order valence-corrected chi connectivity index (χ4v) is 2.58. The van der Waals surface area contributed by atoms with Crippen LogP contribution in [-0.2, 0) is 11.3 Å². The summed E-state index contributed by atoms with van der Waals surface area (Å²) in [6.45, 7) is 3.19. The lowest BCUT2D eigenvalue weighted by Gasteiger charge is -2.54. The Labute approximate surface area is 90.6 Å². The number of ether oxygens (including phenoxy) is 1. The van der Waals surface area contributed by atoms with Gasteiger partial charge in [-0.25, -0.2) is 0 Å². The zero-order valence-electron chi connectivity index (χ0n) is 8.91. The smallest absolute Gasteiger partial charge is 0.0720 e.